The molecular formula is C16H15N2O+. The van der Waals surface area contributed by atoms with Crippen LogP contribution in [0.15, 0.2) is 60.7 Å². The zero-order valence-electron chi connectivity index (χ0n) is 10.5. The normalized spacial score (nSPS) is 20.5. The number of hydrogen-bond donors (Lipinski definition) is 1. The molecule has 2 aromatic rings. The van der Waals surface area contributed by atoms with Gasteiger partial charge in [0.15, 0.2) is 0 Å². The summed E-state index contributed by atoms with van der Waals surface area (Å²) < 4.78 is 1.90. The van der Waals surface area contributed by atoms with Crippen molar-refractivity contribution in [1.29, 1.82) is 0 Å². The van der Waals surface area contributed by atoms with Crippen LogP contribution in [0.2, 0.25) is 0 Å². The Balaban J connectivity index is 1.95. The number of nitrogens with zero attached hydrogens (tertiary/aromatic N) is 1. The minimum atomic E-state index is 0.0565. The van der Waals surface area contributed by atoms with Gasteiger partial charge in [0.2, 0.25) is 12.3 Å². The van der Waals surface area contributed by atoms with Gasteiger partial charge in [0, 0.05) is 11.1 Å². The summed E-state index contributed by atoms with van der Waals surface area (Å²) in [6, 6.07) is 20.1. The maximum Gasteiger partial charge on any atom is 0.281 e. The Bertz CT molecular complexity index is 605. The highest BCUT2D eigenvalue weighted by Gasteiger charge is 2.35. The fraction of sp³-hybridized carbons (Fsp3) is 0.125. The highest BCUT2D eigenvalue weighted by Crippen LogP contribution is 2.23. The minimum Gasteiger partial charge on any atom is -0.269 e. The summed E-state index contributed by atoms with van der Waals surface area (Å²) in [5.41, 5.74) is 5.11. The lowest BCUT2D eigenvalue weighted by atomic mass is 10.1. The van der Waals surface area contributed by atoms with E-state index >= 15 is 0 Å². The number of benzene rings is 2. The smallest absolute Gasteiger partial charge is 0.269 e. The van der Waals surface area contributed by atoms with Crippen molar-refractivity contribution in [2.45, 2.75) is 12.5 Å². The number of hydrazone groups is 1. The molecule has 2 aromatic carbocycles. The van der Waals surface area contributed by atoms with Crippen molar-refractivity contribution >= 4 is 12.1 Å². The second-order valence-electron chi connectivity index (χ2n) is 4.61. The highest BCUT2D eigenvalue weighted by atomic mass is 16.2. The second kappa shape index (κ2) is 5.06. The molecule has 0 radical (unpaired) electrons. The Morgan fingerprint density at radius 1 is 1.00 bits per heavy atom. The van der Waals surface area contributed by atoms with Gasteiger partial charge in [-0.25, -0.2) is 0 Å². The fourth-order valence-electron chi connectivity index (χ4n) is 2.32. The van der Waals surface area contributed by atoms with E-state index in [9.17, 15) is 4.79 Å². The van der Waals surface area contributed by atoms with Crippen LogP contribution in [0, 0.1) is 0 Å². The monoisotopic (exact) mass is 251 g/mol. The van der Waals surface area contributed by atoms with E-state index < -0.39 is 0 Å². The number of rotatable bonds is 2. The average molecular weight is 251 g/mol. The first kappa shape index (κ1) is 11.7. The molecule has 1 fully saturated rings. The largest absolute Gasteiger partial charge is 0.281 e. The quantitative estimate of drug-likeness (QED) is 0.816. The maximum absolute atomic E-state index is 11.7. The lowest BCUT2D eigenvalue weighted by Crippen LogP contribution is -2.26. The van der Waals surface area contributed by atoms with E-state index in [1.165, 1.54) is 0 Å². The Morgan fingerprint density at radius 2 is 1.63 bits per heavy atom. The Hall–Kier alpha value is -2.42. The zero-order chi connectivity index (χ0) is 13.1. The molecule has 1 aliphatic heterocycles. The second-order valence-corrected chi connectivity index (χ2v) is 4.61. The number of amides is 1. The van der Waals surface area contributed by atoms with E-state index in [1.54, 1.807) is 0 Å². The third-order valence-electron chi connectivity index (χ3n) is 3.24. The van der Waals surface area contributed by atoms with E-state index in [0.29, 0.717) is 6.42 Å². The fourth-order valence-corrected chi connectivity index (χ4v) is 2.32. The molecule has 0 saturated carbocycles. The molecule has 1 amide bonds. The van der Waals surface area contributed by atoms with Crippen LogP contribution >= 0.6 is 0 Å². The van der Waals surface area contributed by atoms with Crippen molar-refractivity contribution in [3.8, 4) is 0 Å². The molecule has 3 heteroatoms. The van der Waals surface area contributed by atoms with E-state index in [-0.39, 0.29) is 11.9 Å². The van der Waals surface area contributed by atoms with Crippen LogP contribution in [0.4, 0.5) is 0 Å². The van der Waals surface area contributed by atoms with Crippen LogP contribution in [-0.2, 0) is 4.79 Å². The molecule has 3 nitrogen and oxygen atoms in total. The van der Waals surface area contributed by atoms with E-state index in [2.05, 4.69) is 17.6 Å². The number of hydrogen-bond acceptors (Lipinski definition) is 1. The molecular weight excluding hydrogens is 236 g/mol. The molecule has 1 heterocycles. The van der Waals surface area contributed by atoms with E-state index in [1.807, 2.05) is 59.4 Å². The molecule has 1 aliphatic rings. The van der Waals surface area contributed by atoms with Gasteiger partial charge in [-0.1, -0.05) is 48.5 Å². The van der Waals surface area contributed by atoms with Crippen molar-refractivity contribution < 1.29 is 9.48 Å². The highest BCUT2D eigenvalue weighted by molar-refractivity contribution is 5.80. The summed E-state index contributed by atoms with van der Waals surface area (Å²) in [6.07, 6.45) is 2.47. The maximum atomic E-state index is 11.7. The van der Waals surface area contributed by atoms with Crippen molar-refractivity contribution in [2.75, 3.05) is 0 Å². The molecule has 0 spiro atoms. The molecule has 1 saturated heterocycles. The minimum absolute atomic E-state index is 0.0565. The van der Waals surface area contributed by atoms with Gasteiger partial charge in [-0.2, -0.15) is 0 Å². The number of carbonyl (C=O) groups is 1. The molecule has 3 rings (SSSR count). The summed E-state index contributed by atoms with van der Waals surface area (Å²) >= 11 is 0. The summed E-state index contributed by atoms with van der Waals surface area (Å²) in [4.78, 5) is 11.7. The van der Waals surface area contributed by atoms with Gasteiger partial charge in [-0.3, -0.25) is 4.79 Å². The van der Waals surface area contributed by atoms with E-state index in [0.717, 1.165) is 11.1 Å². The van der Waals surface area contributed by atoms with Gasteiger partial charge >= 0.3 is 0 Å². The third kappa shape index (κ3) is 2.55. The lowest BCUT2D eigenvalue weighted by molar-refractivity contribution is -0.594. The van der Waals surface area contributed by atoms with Gasteiger partial charge in [-0.15, -0.1) is 10.1 Å². The first-order valence-corrected chi connectivity index (χ1v) is 6.35. The Morgan fingerprint density at radius 3 is 2.32 bits per heavy atom. The molecule has 0 bridgehead atoms. The summed E-state index contributed by atoms with van der Waals surface area (Å²) in [5.74, 6) is 0.0565. The van der Waals surface area contributed by atoms with Gasteiger partial charge in [0.1, 0.15) is 6.42 Å². The van der Waals surface area contributed by atoms with Crippen LogP contribution in [0.3, 0.4) is 0 Å². The third-order valence-corrected chi connectivity index (χ3v) is 3.24. The first-order chi connectivity index (χ1) is 9.33. The van der Waals surface area contributed by atoms with Crippen molar-refractivity contribution in [1.82, 2.24) is 5.43 Å². The first-order valence-electron chi connectivity index (χ1n) is 6.35. The van der Waals surface area contributed by atoms with Gasteiger partial charge in [0.25, 0.3) is 5.91 Å². The van der Waals surface area contributed by atoms with E-state index in [4.69, 9.17) is 0 Å². The number of nitrogens with one attached hydrogen (secondary N) is 1. The lowest BCUT2D eigenvalue weighted by Gasteiger charge is -2.04. The molecule has 1 unspecified atom stereocenters. The Labute approximate surface area is 112 Å². The molecule has 1 atom stereocenters. The standard InChI is InChI=1S/C16H14N2O/c19-16-11-15(14-9-5-2-6-10-14)18(17-16)12-13-7-3-1-4-8-13/h1-10,12,15H,11H2/p+1/b18-12-. The van der Waals surface area contributed by atoms with Crippen molar-refractivity contribution in [3.05, 3.63) is 71.8 Å². The van der Waals surface area contributed by atoms with Crippen LogP contribution in [0.5, 0.6) is 0 Å². The van der Waals surface area contributed by atoms with Crippen LogP contribution in [-0.4, -0.2) is 16.8 Å². The van der Waals surface area contributed by atoms with Gasteiger partial charge in [-0.05, 0) is 12.1 Å². The zero-order valence-corrected chi connectivity index (χ0v) is 10.5. The Kier molecular flexibility index (Phi) is 3.11. The number of hydrazine groups is 1. The predicted molar refractivity (Wildman–Crippen MR) is 73.8 cm³/mol. The number of carbonyl (C=O) groups excluding carboxylic acids is 1. The van der Waals surface area contributed by atoms with Gasteiger partial charge in [0.05, 0.1) is 0 Å². The predicted octanol–water partition coefficient (Wildman–Crippen LogP) is 2.29. The van der Waals surface area contributed by atoms with Gasteiger partial charge < -0.3 is 0 Å². The summed E-state index contributed by atoms with van der Waals surface area (Å²) in [6.45, 7) is 0. The molecule has 19 heavy (non-hydrogen) atoms. The van der Waals surface area contributed by atoms with Crippen molar-refractivity contribution in [2.24, 2.45) is 0 Å². The SMILES string of the molecule is O=C1CC(c2ccccc2)/[N+](=C/c2ccccc2)N1. The molecule has 1 N–H and O–H groups in total. The van der Waals surface area contributed by atoms with Crippen LogP contribution in [0.25, 0.3) is 0 Å². The van der Waals surface area contributed by atoms with Crippen LogP contribution < -0.4 is 5.43 Å². The summed E-state index contributed by atoms with van der Waals surface area (Å²) in [7, 11) is 0. The van der Waals surface area contributed by atoms with Crippen LogP contribution in [0.1, 0.15) is 23.6 Å². The van der Waals surface area contributed by atoms with Crippen molar-refractivity contribution in [3.63, 3.8) is 0 Å². The average Bonchev–Trinajstić information content (AvgIpc) is 2.82. The topological polar surface area (TPSA) is 32.1 Å². The molecule has 94 valence electrons. The molecule has 0 aromatic heterocycles. The molecule has 0 aliphatic carbocycles. The summed E-state index contributed by atoms with van der Waals surface area (Å²) in [5, 5.41) is 0.